The van der Waals surface area contributed by atoms with Crippen LogP contribution in [0, 0.1) is 39.9 Å². The maximum atomic E-state index is 13.7. The summed E-state index contributed by atoms with van der Waals surface area (Å²) in [6, 6.07) is 7.86. The number of aryl methyl sites for hydroxylation is 1. The third kappa shape index (κ3) is 5.27. The molecule has 6 atom stereocenters. The fourth-order valence-electron chi connectivity index (χ4n) is 9.98. The quantitative estimate of drug-likeness (QED) is 0.190. The summed E-state index contributed by atoms with van der Waals surface area (Å²) in [6.07, 6.45) is 15.7. The fourth-order valence-corrected chi connectivity index (χ4v) is 9.98. The molecular weight excluding hydrogens is 588 g/mol. The highest BCUT2D eigenvalue weighted by Gasteiger charge is 2.67. The van der Waals surface area contributed by atoms with Gasteiger partial charge in [-0.3, -0.25) is 9.59 Å². The number of fused-ring (bicyclic) bond motifs is 7. The molecule has 6 heteroatoms. The van der Waals surface area contributed by atoms with Gasteiger partial charge in [0.15, 0.2) is 5.76 Å². The molecule has 0 aliphatic heterocycles. The van der Waals surface area contributed by atoms with Crippen molar-refractivity contribution in [1.29, 1.82) is 0 Å². The Balaban J connectivity index is 1.16. The highest BCUT2D eigenvalue weighted by Crippen LogP contribution is 2.75. The smallest absolute Gasteiger partial charge is 0.330 e. The van der Waals surface area contributed by atoms with Crippen LogP contribution in [0.5, 0.6) is 0 Å². The monoisotopic (exact) mass is 638 g/mol. The van der Waals surface area contributed by atoms with Gasteiger partial charge in [-0.15, -0.1) is 0 Å². The Bertz CT molecular complexity index is 1670. The molecule has 0 bridgehead atoms. The number of ether oxygens (including phenoxy) is 2. The van der Waals surface area contributed by atoms with Crippen LogP contribution in [-0.2, 0) is 23.9 Å². The zero-order valence-electron chi connectivity index (χ0n) is 29.1. The van der Waals surface area contributed by atoms with Crippen LogP contribution in [0.2, 0.25) is 0 Å². The summed E-state index contributed by atoms with van der Waals surface area (Å²) in [7, 11) is 0. The number of benzene rings is 1. The average Bonchev–Trinajstić information content (AvgIpc) is 3.04. The number of carbonyl (C=O) groups is 3. The summed E-state index contributed by atoms with van der Waals surface area (Å²) in [5, 5.41) is 10.4. The van der Waals surface area contributed by atoms with Crippen molar-refractivity contribution in [2.75, 3.05) is 13.2 Å². The number of hydrogen-bond acceptors (Lipinski definition) is 6. The highest BCUT2D eigenvalue weighted by atomic mass is 16.6. The van der Waals surface area contributed by atoms with Gasteiger partial charge in [0.2, 0.25) is 5.78 Å². The van der Waals surface area contributed by atoms with Crippen molar-refractivity contribution < 1.29 is 29.0 Å². The standard InChI is InChI=1S/C41H50O6/c1-26-8-10-28(11-9-26)12-15-34(43)46-22-23-47-36(45)38(4)17-16-37(3)18-20-40(6)32-14-13-29-27(2)35(44)31(42)24-30(29)39(32,5)19-21-41(40,7)33(37)25-38/h8-15,24,33,44H,16-23,25H2,1-7H3/b15-12+/t33-,37-,38-,39+,40-,41+/m1/s1. The third-order valence-corrected chi connectivity index (χ3v) is 13.4. The van der Waals surface area contributed by atoms with Crippen molar-refractivity contribution >= 4 is 23.8 Å². The van der Waals surface area contributed by atoms with Crippen molar-refractivity contribution in [3.63, 3.8) is 0 Å². The molecule has 0 radical (unpaired) electrons. The van der Waals surface area contributed by atoms with Crippen LogP contribution >= 0.6 is 0 Å². The number of hydrogen-bond donors (Lipinski definition) is 1. The molecule has 0 spiro atoms. The molecule has 0 unspecified atom stereocenters. The minimum absolute atomic E-state index is 0.0167. The lowest BCUT2D eigenvalue weighted by Gasteiger charge is -2.70. The second-order valence-electron chi connectivity index (χ2n) is 16.2. The van der Waals surface area contributed by atoms with Crippen molar-refractivity contribution in [2.24, 2.45) is 33.0 Å². The molecule has 47 heavy (non-hydrogen) atoms. The number of carbonyl (C=O) groups excluding carboxylic acids is 3. The molecule has 0 amide bonds. The van der Waals surface area contributed by atoms with Gasteiger partial charge < -0.3 is 14.6 Å². The minimum atomic E-state index is -0.618. The van der Waals surface area contributed by atoms with Crippen LogP contribution in [0.4, 0.5) is 0 Å². The van der Waals surface area contributed by atoms with E-state index in [4.69, 9.17) is 9.47 Å². The van der Waals surface area contributed by atoms with Gasteiger partial charge in [-0.1, -0.05) is 75.2 Å². The molecule has 5 aliphatic rings. The number of aliphatic hydroxyl groups excluding tert-OH is 1. The minimum Gasteiger partial charge on any atom is -0.504 e. The van der Waals surface area contributed by atoms with E-state index in [0.29, 0.717) is 11.5 Å². The summed E-state index contributed by atoms with van der Waals surface area (Å²) < 4.78 is 11.1. The maximum Gasteiger partial charge on any atom is 0.330 e. The first-order chi connectivity index (χ1) is 22.1. The first-order valence-electron chi connectivity index (χ1n) is 17.3. The number of rotatable bonds is 6. The second kappa shape index (κ2) is 11.5. The van der Waals surface area contributed by atoms with Crippen LogP contribution in [-0.4, -0.2) is 36.0 Å². The van der Waals surface area contributed by atoms with Crippen molar-refractivity contribution in [3.8, 4) is 0 Å². The Hall–Kier alpha value is -3.67. The molecule has 1 aromatic rings. The normalized spacial score (nSPS) is 36.3. The van der Waals surface area contributed by atoms with Crippen LogP contribution in [0.3, 0.4) is 0 Å². The van der Waals surface area contributed by atoms with Gasteiger partial charge in [0.1, 0.15) is 13.2 Å². The molecule has 250 valence electrons. The molecule has 5 aliphatic carbocycles. The zero-order chi connectivity index (χ0) is 34.0. The summed E-state index contributed by atoms with van der Waals surface area (Å²) in [5.41, 5.74) is 5.18. The molecule has 0 saturated heterocycles. The fraction of sp³-hybridized carbons (Fsp3) is 0.537. The summed E-state index contributed by atoms with van der Waals surface area (Å²) in [4.78, 5) is 38.7. The third-order valence-electron chi connectivity index (χ3n) is 13.4. The molecule has 6 nitrogen and oxygen atoms in total. The zero-order valence-corrected chi connectivity index (χ0v) is 29.1. The predicted octanol–water partition coefficient (Wildman–Crippen LogP) is 8.72. The Morgan fingerprint density at radius 1 is 0.894 bits per heavy atom. The lowest BCUT2D eigenvalue weighted by molar-refractivity contribution is -0.183. The topological polar surface area (TPSA) is 89.9 Å². The van der Waals surface area contributed by atoms with E-state index in [1.54, 1.807) is 12.2 Å². The molecule has 1 N–H and O–H groups in total. The number of allylic oxidation sites excluding steroid dienone is 7. The van der Waals surface area contributed by atoms with Crippen LogP contribution in [0.25, 0.3) is 6.08 Å². The first kappa shape index (κ1) is 33.2. The largest absolute Gasteiger partial charge is 0.504 e. The van der Waals surface area contributed by atoms with Crippen molar-refractivity contribution in [2.45, 2.75) is 93.4 Å². The lowest BCUT2D eigenvalue weighted by atomic mass is 9.34. The molecular formula is C41H50O6. The molecule has 3 fully saturated rings. The van der Waals surface area contributed by atoms with Gasteiger partial charge in [-0.05, 0) is 117 Å². The molecule has 6 rings (SSSR count). The van der Waals surface area contributed by atoms with Gasteiger partial charge >= 0.3 is 11.9 Å². The van der Waals surface area contributed by atoms with Crippen molar-refractivity contribution in [1.82, 2.24) is 0 Å². The Morgan fingerprint density at radius 2 is 1.57 bits per heavy atom. The van der Waals surface area contributed by atoms with Gasteiger partial charge in [0.05, 0.1) is 5.41 Å². The number of ketones is 1. The van der Waals surface area contributed by atoms with E-state index in [-0.39, 0.29) is 52.4 Å². The summed E-state index contributed by atoms with van der Waals surface area (Å²) in [6.45, 7) is 15.5. The Kier molecular flexibility index (Phi) is 8.13. The number of esters is 2. The van der Waals surface area contributed by atoms with E-state index in [2.05, 4.69) is 46.8 Å². The first-order valence-corrected chi connectivity index (χ1v) is 17.3. The van der Waals surface area contributed by atoms with Crippen molar-refractivity contribution in [3.05, 3.63) is 87.7 Å². The van der Waals surface area contributed by atoms with E-state index in [1.165, 1.54) is 11.6 Å². The van der Waals surface area contributed by atoms with Crippen LogP contribution in [0.15, 0.2) is 76.6 Å². The Morgan fingerprint density at radius 3 is 2.30 bits per heavy atom. The van der Waals surface area contributed by atoms with E-state index in [1.807, 2.05) is 38.1 Å². The van der Waals surface area contributed by atoms with Crippen LogP contribution < -0.4 is 0 Å². The van der Waals surface area contributed by atoms with E-state index in [0.717, 1.165) is 67.2 Å². The van der Waals surface area contributed by atoms with Crippen LogP contribution in [0.1, 0.15) is 97.6 Å². The number of aliphatic hydroxyl groups is 1. The van der Waals surface area contributed by atoms with Gasteiger partial charge in [0.25, 0.3) is 0 Å². The molecule has 0 aromatic heterocycles. The molecule has 3 saturated carbocycles. The summed E-state index contributed by atoms with van der Waals surface area (Å²) in [5.74, 6) is -0.813. The van der Waals surface area contributed by atoms with E-state index >= 15 is 0 Å². The second-order valence-corrected chi connectivity index (χ2v) is 16.2. The molecule has 0 heterocycles. The predicted molar refractivity (Wildman–Crippen MR) is 183 cm³/mol. The average molecular weight is 639 g/mol. The SMILES string of the molecule is CC1=C(O)C(=O)C=C2C1=CC=C1[C@@]2(C)CC[C@@]2(C)[C@@H]3C[C@](C)(C(=O)OCCOC(=O)/C=C/c4ccc(C)cc4)CC[C@]3(C)CC[C@]12C. The van der Waals surface area contributed by atoms with Gasteiger partial charge in [0, 0.05) is 17.1 Å². The van der Waals surface area contributed by atoms with E-state index < -0.39 is 11.4 Å². The molecule has 1 aromatic carbocycles. The van der Waals surface area contributed by atoms with Gasteiger partial charge in [-0.25, -0.2) is 4.79 Å². The maximum absolute atomic E-state index is 13.7. The lowest BCUT2D eigenvalue weighted by Crippen LogP contribution is -2.62. The van der Waals surface area contributed by atoms with E-state index in [9.17, 15) is 19.5 Å². The summed E-state index contributed by atoms with van der Waals surface area (Å²) >= 11 is 0. The highest BCUT2D eigenvalue weighted by molar-refractivity contribution is 6.06. The Labute approximate surface area is 279 Å². The van der Waals surface area contributed by atoms with Gasteiger partial charge in [-0.2, -0.15) is 0 Å².